The van der Waals surface area contributed by atoms with Crippen LogP contribution in [0.1, 0.15) is 31.4 Å². The molecule has 1 atom stereocenters. The van der Waals surface area contributed by atoms with Crippen molar-refractivity contribution in [3.8, 4) is 0 Å². The zero-order chi connectivity index (χ0) is 13.9. The SMILES string of the molecule is CC(NCC1(O)CCSCC1)c1cc(Br)ccc1F. The van der Waals surface area contributed by atoms with Crippen LogP contribution in [0.25, 0.3) is 0 Å². The van der Waals surface area contributed by atoms with Crippen LogP contribution < -0.4 is 5.32 Å². The number of nitrogens with one attached hydrogen (secondary N) is 1. The summed E-state index contributed by atoms with van der Waals surface area (Å²) in [5, 5.41) is 13.7. The van der Waals surface area contributed by atoms with Crippen molar-refractivity contribution in [3.63, 3.8) is 0 Å². The first-order valence-corrected chi connectivity index (χ1v) is 8.43. The van der Waals surface area contributed by atoms with Crippen molar-refractivity contribution in [3.05, 3.63) is 34.1 Å². The quantitative estimate of drug-likeness (QED) is 0.874. The Labute approximate surface area is 126 Å². The third kappa shape index (κ3) is 4.18. The Morgan fingerprint density at radius 2 is 2.16 bits per heavy atom. The standard InChI is InChI=1S/C14H19BrFNOS/c1-10(12-8-11(15)2-3-13(12)16)17-9-14(18)4-6-19-7-5-14/h2-3,8,10,17-18H,4-7,9H2,1H3. The molecule has 1 heterocycles. The van der Waals surface area contributed by atoms with Gasteiger partial charge in [0.2, 0.25) is 0 Å². The average molecular weight is 348 g/mol. The van der Waals surface area contributed by atoms with Crippen LogP contribution in [0.15, 0.2) is 22.7 Å². The van der Waals surface area contributed by atoms with Crippen LogP contribution >= 0.6 is 27.7 Å². The maximum absolute atomic E-state index is 13.8. The van der Waals surface area contributed by atoms with Gasteiger partial charge in [-0.25, -0.2) is 4.39 Å². The van der Waals surface area contributed by atoms with Gasteiger partial charge in [0, 0.05) is 22.6 Å². The molecule has 1 aromatic carbocycles. The third-order valence-electron chi connectivity index (χ3n) is 3.59. The van der Waals surface area contributed by atoms with Crippen LogP contribution in [0.3, 0.4) is 0 Å². The second kappa shape index (κ2) is 6.57. The lowest BCUT2D eigenvalue weighted by molar-refractivity contribution is 0.0299. The van der Waals surface area contributed by atoms with Crippen LogP contribution in [0.5, 0.6) is 0 Å². The van der Waals surface area contributed by atoms with Gasteiger partial charge in [0.15, 0.2) is 0 Å². The maximum atomic E-state index is 13.8. The number of hydrogen-bond donors (Lipinski definition) is 2. The molecule has 1 unspecified atom stereocenters. The van der Waals surface area contributed by atoms with Gasteiger partial charge in [-0.05, 0) is 49.5 Å². The van der Waals surface area contributed by atoms with E-state index in [2.05, 4.69) is 21.2 Å². The molecular weight excluding hydrogens is 329 g/mol. The summed E-state index contributed by atoms with van der Waals surface area (Å²) in [5.74, 6) is 1.78. The van der Waals surface area contributed by atoms with E-state index in [4.69, 9.17) is 0 Å². The van der Waals surface area contributed by atoms with Gasteiger partial charge in [-0.15, -0.1) is 0 Å². The Kier molecular flexibility index (Phi) is 5.29. The minimum atomic E-state index is -0.637. The topological polar surface area (TPSA) is 32.3 Å². The molecule has 2 nitrogen and oxygen atoms in total. The highest BCUT2D eigenvalue weighted by Gasteiger charge is 2.29. The smallest absolute Gasteiger partial charge is 0.128 e. The second-order valence-corrected chi connectivity index (χ2v) is 7.25. The lowest BCUT2D eigenvalue weighted by atomic mass is 9.96. The summed E-state index contributed by atoms with van der Waals surface area (Å²) in [4.78, 5) is 0. The van der Waals surface area contributed by atoms with E-state index in [1.807, 2.05) is 18.7 Å². The van der Waals surface area contributed by atoms with Gasteiger partial charge in [0.25, 0.3) is 0 Å². The molecular formula is C14H19BrFNOS. The Morgan fingerprint density at radius 3 is 2.84 bits per heavy atom. The van der Waals surface area contributed by atoms with Crippen molar-refractivity contribution in [1.29, 1.82) is 0 Å². The first-order valence-electron chi connectivity index (χ1n) is 6.49. The monoisotopic (exact) mass is 347 g/mol. The normalized spacial score (nSPS) is 20.2. The summed E-state index contributed by atoms with van der Waals surface area (Å²) in [6.45, 7) is 2.44. The van der Waals surface area contributed by atoms with Gasteiger partial charge in [-0.1, -0.05) is 15.9 Å². The number of halogens is 2. The molecule has 5 heteroatoms. The fourth-order valence-corrected chi connectivity index (χ4v) is 3.86. The van der Waals surface area contributed by atoms with E-state index >= 15 is 0 Å². The van der Waals surface area contributed by atoms with Crippen LogP contribution in [0.2, 0.25) is 0 Å². The summed E-state index contributed by atoms with van der Waals surface area (Å²) in [6, 6.07) is 4.82. The number of thioether (sulfide) groups is 1. The number of benzene rings is 1. The van der Waals surface area contributed by atoms with E-state index in [1.165, 1.54) is 6.07 Å². The molecule has 1 aliphatic heterocycles. The first-order chi connectivity index (χ1) is 9.00. The summed E-state index contributed by atoms with van der Waals surface area (Å²) in [5.41, 5.74) is -0.00898. The molecule has 2 N–H and O–H groups in total. The van der Waals surface area contributed by atoms with Crippen molar-refractivity contribution in [1.82, 2.24) is 5.32 Å². The van der Waals surface area contributed by atoms with Crippen molar-refractivity contribution >= 4 is 27.7 Å². The van der Waals surface area contributed by atoms with E-state index in [0.717, 1.165) is 28.8 Å². The zero-order valence-electron chi connectivity index (χ0n) is 11.0. The molecule has 0 bridgehead atoms. The van der Waals surface area contributed by atoms with E-state index < -0.39 is 5.60 Å². The van der Waals surface area contributed by atoms with Gasteiger partial charge in [-0.3, -0.25) is 0 Å². The van der Waals surface area contributed by atoms with Crippen molar-refractivity contribution in [2.24, 2.45) is 0 Å². The molecule has 1 aliphatic rings. The Balaban J connectivity index is 1.97. The Morgan fingerprint density at radius 1 is 1.47 bits per heavy atom. The molecule has 1 saturated heterocycles. The lowest BCUT2D eigenvalue weighted by Gasteiger charge is -2.33. The average Bonchev–Trinajstić information content (AvgIpc) is 2.40. The summed E-state index contributed by atoms with van der Waals surface area (Å²) >= 11 is 5.23. The van der Waals surface area contributed by atoms with Crippen LogP contribution in [-0.2, 0) is 0 Å². The first kappa shape index (κ1) is 15.3. The summed E-state index contributed by atoms with van der Waals surface area (Å²) < 4.78 is 14.6. The molecule has 0 saturated carbocycles. The molecule has 2 rings (SSSR count). The van der Waals surface area contributed by atoms with E-state index in [0.29, 0.717) is 12.1 Å². The highest BCUT2D eigenvalue weighted by molar-refractivity contribution is 9.10. The van der Waals surface area contributed by atoms with Crippen molar-refractivity contribution in [2.75, 3.05) is 18.1 Å². The summed E-state index contributed by atoms with van der Waals surface area (Å²) in [6.07, 6.45) is 1.61. The predicted octanol–water partition coefficient (Wildman–Crippen LogP) is 3.50. The highest BCUT2D eigenvalue weighted by Crippen LogP contribution is 2.27. The summed E-state index contributed by atoms with van der Waals surface area (Å²) in [7, 11) is 0. The van der Waals surface area contributed by atoms with Crippen LogP contribution in [0.4, 0.5) is 4.39 Å². The molecule has 106 valence electrons. The fourth-order valence-electron chi connectivity index (χ4n) is 2.23. The van der Waals surface area contributed by atoms with Crippen molar-refractivity contribution < 1.29 is 9.50 Å². The Bertz CT molecular complexity index is 437. The number of rotatable bonds is 4. The van der Waals surface area contributed by atoms with Crippen LogP contribution in [0, 0.1) is 5.82 Å². The molecule has 1 fully saturated rings. The zero-order valence-corrected chi connectivity index (χ0v) is 13.4. The van der Waals surface area contributed by atoms with E-state index in [-0.39, 0.29) is 11.9 Å². The van der Waals surface area contributed by atoms with Gasteiger partial charge in [-0.2, -0.15) is 11.8 Å². The largest absolute Gasteiger partial charge is 0.389 e. The minimum absolute atomic E-state index is 0.115. The highest BCUT2D eigenvalue weighted by atomic mass is 79.9. The number of aliphatic hydroxyl groups is 1. The fraction of sp³-hybridized carbons (Fsp3) is 0.571. The van der Waals surface area contributed by atoms with Gasteiger partial charge < -0.3 is 10.4 Å². The van der Waals surface area contributed by atoms with Crippen molar-refractivity contribution in [2.45, 2.75) is 31.4 Å². The predicted molar refractivity (Wildman–Crippen MR) is 82.0 cm³/mol. The van der Waals surface area contributed by atoms with Gasteiger partial charge in [0.05, 0.1) is 5.60 Å². The molecule has 0 radical (unpaired) electrons. The van der Waals surface area contributed by atoms with E-state index in [1.54, 1.807) is 12.1 Å². The molecule has 0 spiro atoms. The molecule has 19 heavy (non-hydrogen) atoms. The van der Waals surface area contributed by atoms with Gasteiger partial charge in [0.1, 0.15) is 5.82 Å². The van der Waals surface area contributed by atoms with Gasteiger partial charge >= 0.3 is 0 Å². The Hall–Kier alpha value is -0.100. The molecule has 0 aromatic heterocycles. The second-order valence-electron chi connectivity index (χ2n) is 5.11. The lowest BCUT2D eigenvalue weighted by Crippen LogP contribution is -2.44. The van der Waals surface area contributed by atoms with E-state index in [9.17, 15) is 9.50 Å². The molecule has 0 amide bonds. The number of hydrogen-bond acceptors (Lipinski definition) is 3. The third-order valence-corrected chi connectivity index (χ3v) is 5.06. The van der Waals surface area contributed by atoms with Crippen LogP contribution in [-0.4, -0.2) is 28.8 Å². The molecule has 1 aromatic rings. The molecule has 0 aliphatic carbocycles. The maximum Gasteiger partial charge on any atom is 0.128 e. The minimum Gasteiger partial charge on any atom is -0.389 e.